The van der Waals surface area contributed by atoms with Crippen LogP contribution in [-0.4, -0.2) is 12.5 Å². The van der Waals surface area contributed by atoms with E-state index in [0.29, 0.717) is 5.92 Å². The number of halogens is 1. The Balaban J connectivity index is 1.82. The van der Waals surface area contributed by atoms with Crippen molar-refractivity contribution in [3.8, 4) is 0 Å². The fourth-order valence-electron chi connectivity index (χ4n) is 2.28. The highest BCUT2D eigenvalue weighted by atomic mass is 79.9. The van der Waals surface area contributed by atoms with Crippen LogP contribution in [0.3, 0.4) is 0 Å². The molecule has 1 amide bonds. The van der Waals surface area contributed by atoms with Crippen LogP contribution in [0.5, 0.6) is 0 Å². The molecule has 0 aliphatic heterocycles. The van der Waals surface area contributed by atoms with Gasteiger partial charge in [0.1, 0.15) is 4.88 Å². The standard InChI is InChI=1S/C12H16BrNOS/c1-8-2-3-9(6-8)7-14-12(15)11-10(13)4-5-16-11/h4-5,8-9H,2-3,6-7H2,1H3,(H,14,15). The van der Waals surface area contributed by atoms with Crippen molar-refractivity contribution in [3.05, 3.63) is 20.8 Å². The van der Waals surface area contributed by atoms with Crippen LogP contribution in [0.2, 0.25) is 0 Å². The molecule has 1 aromatic rings. The molecule has 1 heterocycles. The summed E-state index contributed by atoms with van der Waals surface area (Å²) in [4.78, 5) is 12.6. The van der Waals surface area contributed by atoms with Gasteiger partial charge in [0, 0.05) is 11.0 Å². The van der Waals surface area contributed by atoms with Crippen LogP contribution >= 0.6 is 27.3 Å². The van der Waals surface area contributed by atoms with Gasteiger partial charge in [0.15, 0.2) is 0 Å². The van der Waals surface area contributed by atoms with Crippen molar-refractivity contribution in [1.29, 1.82) is 0 Å². The second-order valence-electron chi connectivity index (χ2n) is 4.59. The quantitative estimate of drug-likeness (QED) is 0.906. The zero-order chi connectivity index (χ0) is 11.5. The third-order valence-electron chi connectivity index (χ3n) is 3.18. The van der Waals surface area contributed by atoms with Gasteiger partial charge in [0.25, 0.3) is 5.91 Å². The molecule has 16 heavy (non-hydrogen) atoms. The van der Waals surface area contributed by atoms with E-state index in [1.807, 2.05) is 11.4 Å². The highest BCUT2D eigenvalue weighted by Gasteiger charge is 2.22. The highest BCUT2D eigenvalue weighted by Crippen LogP contribution is 2.30. The van der Waals surface area contributed by atoms with Gasteiger partial charge in [0.05, 0.1) is 0 Å². The predicted octanol–water partition coefficient (Wildman–Crippen LogP) is 3.68. The van der Waals surface area contributed by atoms with Gasteiger partial charge in [-0.1, -0.05) is 13.3 Å². The van der Waals surface area contributed by atoms with Gasteiger partial charge in [-0.3, -0.25) is 4.79 Å². The summed E-state index contributed by atoms with van der Waals surface area (Å²) in [5.41, 5.74) is 0. The lowest BCUT2D eigenvalue weighted by Crippen LogP contribution is -2.28. The van der Waals surface area contributed by atoms with Gasteiger partial charge < -0.3 is 5.32 Å². The lowest BCUT2D eigenvalue weighted by molar-refractivity contribution is 0.0950. The van der Waals surface area contributed by atoms with Gasteiger partial charge in [-0.05, 0) is 52.1 Å². The molecule has 1 aliphatic carbocycles. The maximum Gasteiger partial charge on any atom is 0.262 e. The van der Waals surface area contributed by atoms with E-state index in [9.17, 15) is 4.79 Å². The Labute approximate surface area is 109 Å². The summed E-state index contributed by atoms with van der Waals surface area (Å²) in [6.07, 6.45) is 3.82. The molecule has 1 N–H and O–H groups in total. The normalized spacial score (nSPS) is 24.6. The van der Waals surface area contributed by atoms with E-state index in [1.165, 1.54) is 30.6 Å². The molecule has 4 heteroatoms. The Morgan fingerprint density at radius 2 is 2.44 bits per heavy atom. The molecule has 1 saturated carbocycles. The Kier molecular flexibility index (Phi) is 4.03. The fraction of sp³-hybridized carbons (Fsp3) is 0.583. The summed E-state index contributed by atoms with van der Waals surface area (Å²) in [5, 5.41) is 4.96. The smallest absolute Gasteiger partial charge is 0.262 e. The van der Waals surface area contributed by atoms with Crippen molar-refractivity contribution in [2.45, 2.75) is 26.2 Å². The SMILES string of the molecule is CC1CCC(CNC(=O)c2sccc2Br)C1. The molecule has 0 saturated heterocycles. The first-order valence-corrected chi connectivity index (χ1v) is 7.35. The van der Waals surface area contributed by atoms with Crippen molar-refractivity contribution in [2.75, 3.05) is 6.54 Å². The number of hydrogen-bond donors (Lipinski definition) is 1. The number of nitrogens with one attached hydrogen (secondary N) is 1. The third kappa shape index (κ3) is 2.86. The topological polar surface area (TPSA) is 29.1 Å². The molecule has 88 valence electrons. The third-order valence-corrected chi connectivity index (χ3v) is 5.01. The summed E-state index contributed by atoms with van der Waals surface area (Å²) in [5.74, 6) is 1.56. The number of carbonyl (C=O) groups is 1. The number of carbonyl (C=O) groups excluding carboxylic acids is 1. The van der Waals surface area contributed by atoms with E-state index in [1.54, 1.807) is 0 Å². The van der Waals surface area contributed by atoms with Crippen LogP contribution in [0.1, 0.15) is 35.9 Å². The Morgan fingerprint density at radius 3 is 3.00 bits per heavy atom. The van der Waals surface area contributed by atoms with E-state index < -0.39 is 0 Å². The van der Waals surface area contributed by atoms with Crippen LogP contribution in [0.25, 0.3) is 0 Å². The molecule has 0 spiro atoms. The largest absolute Gasteiger partial charge is 0.351 e. The van der Waals surface area contributed by atoms with Crippen molar-refractivity contribution < 1.29 is 4.79 Å². The van der Waals surface area contributed by atoms with Crippen LogP contribution in [0, 0.1) is 11.8 Å². The minimum Gasteiger partial charge on any atom is -0.351 e. The van der Waals surface area contributed by atoms with E-state index in [2.05, 4.69) is 28.2 Å². The predicted molar refractivity (Wildman–Crippen MR) is 70.9 cm³/mol. The van der Waals surface area contributed by atoms with E-state index in [0.717, 1.165) is 21.8 Å². The lowest BCUT2D eigenvalue weighted by atomic mass is 10.1. The first kappa shape index (κ1) is 12.1. The second kappa shape index (κ2) is 5.32. The first-order chi connectivity index (χ1) is 7.66. The number of rotatable bonds is 3. The molecule has 2 atom stereocenters. The summed E-state index contributed by atoms with van der Waals surface area (Å²) in [6.45, 7) is 3.12. The molecule has 0 aromatic carbocycles. The van der Waals surface area contributed by atoms with Crippen LogP contribution in [0.4, 0.5) is 0 Å². The van der Waals surface area contributed by atoms with Crippen molar-refractivity contribution >= 4 is 33.2 Å². The summed E-state index contributed by atoms with van der Waals surface area (Å²) in [6, 6.07) is 1.91. The van der Waals surface area contributed by atoms with Crippen molar-refractivity contribution in [1.82, 2.24) is 5.32 Å². The molecule has 0 bridgehead atoms. The molecule has 1 aromatic heterocycles. The summed E-state index contributed by atoms with van der Waals surface area (Å²) < 4.78 is 0.898. The second-order valence-corrected chi connectivity index (χ2v) is 6.36. The monoisotopic (exact) mass is 301 g/mol. The fourth-order valence-corrected chi connectivity index (χ4v) is 3.75. The molecule has 1 aliphatic rings. The average Bonchev–Trinajstić information content (AvgIpc) is 2.84. The zero-order valence-electron chi connectivity index (χ0n) is 9.33. The number of hydrogen-bond acceptors (Lipinski definition) is 2. The summed E-state index contributed by atoms with van der Waals surface area (Å²) in [7, 11) is 0. The number of amides is 1. The van der Waals surface area contributed by atoms with Crippen molar-refractivity contribution in [3.63, 3.8) is 0 Å². The molecule has 0 radical (unpaired) electrons. The maximum absolute atomic E-state index is 11.8. The molecule has 2 unspecified atom stereocenters. The highest BCUT2D eigenvalue weighted by molar-refractivity contribution is 9.10. The van der Waals surface area contributed by atoms with E-state index >= 15 is 0 Å². The van der Waals surface area contributed by atoms with Gasteiger partial charge in [-0.15, -0.1) is 11.3 Å². The van der Waals surface area contributed by atoms with Crippen LogP contribution < -0.4 is 5.32 Å². The van der Waals surface area contributed by atoms with E-state index in [4.69, 9.17) is 0 Å². The number of thiophene rings is 1. The van der Waals surface area contributed by atoms with Gasteiger partial charge >= 0.3 is 0 Å². The first-order valence-electron chi connectivity index (χ1n) is 5.68. The van der Waals surface area contributed by atoms with Gasteiger partial charge in [-0.25, -0.2) is 0 Å². The van der Waals surface area contributed by atoms with E-state index in [-0.39, 0.29) is 5.91 Å². The molecular weight excluding hydrogens is 286 g/mol. The van der Waals surface area contributed by atoms with Crippen molar-refractivity contribution in [2.24, 2.45) is 11.8 Å². The summed E-state index contributed by atoms with van der Waals surface area (Å²) >= 11 is 4.86. The van der Waals surface area contributed by atoms with Gasteiger partial charge in [0.2, 0.25) is 0 Å². The molecule has 2 rings (SSSR count). The maximum atomic E-state index is 11.8. The van der Waals surface area contributed by atoms with Crippen LogP contribution in [-0.2, 0) is 0 Å². The Bertz CT molecular complexity index is 377. The Morgan fingerprint density at radius 1 is 1.62 bits per heavy atom. The minimum atomic E-state index is 0.0569. The average molecular weight is 302 g/mol. The van der Waals surface area contributed by atoms with Gasteiger partial charge in [-0.2, -0.15) is 0 Å². The zero-order valence-corrected chi connectivity index (χ0v) is 11.7. The van der Waals surface area contributed by atoms with Crippen LogP contribution in [0.15, 0.2) is 15.9 Å². The molecule has 2 nitrogen and oxygen atoms in total. The molecule has 1 fully saturated rings. The Hall–Kier alpha value is -0.350. The lowest BCUT2D eigenvalue weighted by Gasteiger charge is -2.10. The molecular formula is C12H16BrNOS. The minimum absolute atomic E-state index is 0.0569.